The van der Waals surface area contributed by atoms with Crippen molar-refractivity contribution in [1.82, 2.24) is 14.9 Å². The number of hydrazine groups is 1. The number of nitrogens with zero attached hydrogens (tertiary/aromatic N) is 4. The van der Waals surface area contributed by atoms with E-state index < -0.39 is 0 Å². The van der Waals surface area contributed by atoms with Gasteiger partial charge in [0.1, 0.15) is 0 Å². The molecule has 0 radical (unpaired) electrons. The topological polar surface area (TPSA) is 75.4 Å². The molecule has 0 bridgehead atoms. The molecule has 6 heteroatoms. The highest BCUT2D eigenvalue weighted by molar-refractivity contribution is 5.88. The van der Waals surface area contributed by atoms with Gasteiger partial charge in [0.05, 0.1) is 0 Å². The number of urea groups is 1. The number of hydrogen-bond acceptors (Lipinski definition) is 4. The standard InChI is InChI=1S/C9H15N5O/c1-3-13(4-2)9(15)14(10)8-11-6-5-7-12-8/h5-7H,3-4,10H2,1-2H3. The van der Waals surface area contributed by atoms with Crippen LogP contribution in [0.4, 0.5) is 10.7 Å². The zero-order chi connectivity index (χ0) is 11.3. The molecule has 0 saturated heterocycles. The SMILES string of the molecule is CCN(CC)C(=O)N(N)c1ncccn1. The van der Waals surface area contributed by atoms with E-state index in [1.165, 1.54) is 12.4 Å². The van der Waals surface area contributed by atoms with Gasteiger partial charge in [-0.3, -0.25) is 0 Å². The quantitative estimate of drug-likeness (QED) is 0.450. The fourth-order valence-corrected chi connectivity index (χ4v) is 1.15. The van der Waals surface area contributed by atoms with Gasteiger partial charge in [0.2, 0.25) is 5.95 Å². The van der Waals surface area contributed by atoms with Gasteiger partial charge in [-0.15, -0.1) is 0 Å². The lowest BCUT2D eigenvalue weighted by Gasteiger charge is -2.23. The number of carbonyl (C=O) groups is 1. The number of aromatic nitrogens is 2. The molecule has 0 saturated carbocycles. The number of hydrogen-bond donors (Lipinski definition) is 1. The minimum absolute atomic E-state index is 0.203. The van der Waals surface area contributed by atoms with Crippen LogP contribution in [0, 0.1) is 0 Å². The molecule has 2 N–H and O–H groups in total. The Hall–Kier alpha value is -1.69. The summed E-state index contributed by atoms with van der Waals surface area (Å²) in [6.45, 7) is 4.99. The van der Waals surface area contributed by atoms with E-state index in [1.807, 2.05) is 13.8 Å². The van der Waals surface area contributed by atoms with E-state index in [0.29, 0.717) is 13.1 Å². The third kappa shape index (κ3) is 2.63. The van der Waals surface area contributed by atoms with E-state index in [9.17, 15) is 4.79 Å². The largest absolute Gasteiger partial charge is 0.341 e. The van der Waals surface area contributed by atoms with Gasteiger partial charge in [0.15, 0.2) is 0 Å². The Morgan fingerprint density at radius 3 is 2.33 bits per heavy atom. The summed E-state index contributed by atoms with van der Waals surface area (Å²) in [6.07, 6.45) is 3.08. The van der Waals surface area contributed by atoms with Crippen LogP contribution in [-0.2, 0) is 0 Å². The molecule has 0 aliphatic rings. The van der Waals surface area contributed by atoms with Crippen molar-refractivity contribution >= 4 is 12.0 Å². The summed E-state index contributed by atoms with van der Waals surface area (Å²) in [6, 6.07) is 1.37. The molecule has 0 fully saturated rings. The fraction of sp³-hybridized carbons (Fsp3) is 0.444. The third-order valence-corrected chi connectivity index (χ3v) is 2.01. The van der Waals surface area contributed by atoms with Crippen molar-refractivity contribution in [2.45, 2.75) is 13.8 Å². The molecule has 15 heavy (non-hydrogen) atoms. The van der Waals surface area contributed by atoms with E-state index in [-0.39, 0.29) is 12.0 Å². The smallest absolute Gasteiger partial charge is 0.324 e. The molecule has 6 nitrogen and oxygen atoms in total. The second-order valence-corrected chi connectivity index (χ2v) is 2.87. The van der Waals surface area contributed by atoms with Crippen LogP contribution in [0.1, 0.15) is 13.8 Å². The average molecular weight is 209 g/mol. The first-order chi connectivity index (χ1) is 7.20. The number of rotatable bonds is 3. The Morgan fingerprint density at radius 2 is 1.87 bits per heavy atom. The molecule has 1 aromatic rings. The lowest BCUT2D eigenvalue weighted by molar-refractivity contribution is 0.209. The van der Waals surface area contributed by atoms with Crippen LogP contribution in [0.25, 0.3) is 0 Å². The molecule has 1 aromatic heterocycles. The van der Waals surface area contributed by atoms with Gasteiger partial charge < -0.3 is 4.90 Å². The van der Waals surface area contributed by atoms with Gasteiger partial charge in [0.25, 0.3) is 0 Å². The van der Waals surface area contributed by atoms with Crippen molar-refractivity contribution in [3.8, 4) is 0 Å². The van der Waals surface area contributed by atoms with E-state index in [2.05, 4.69) is 9.97 Å². The minimum atomic E-state index is -0.300. The highest BCUT2D eigenvalue weighted by Gasteiger charge is 2.18. The van der Waals surface area contributed by atoms with Crippen molar-refractivity contribution in [2.24, 2.45) is 5.84 Å². The van der Waals surface area contributed by atoms with Crippen molar-refractivity contribution in [3.05, 3.63) is 18.5 Å². The summed E-state index contributed by atoms with van der Waals surface area (Å²) in [5, 5.41) is 0.951. The molecular formula is C9H15N5O. The van der Waals surface area contributed by atoms with E-state index in [0.717, 1.165) is 5.01 Å². The van der Waals surface area contributed by atoms with Crippen LogP contribution in [0.2, 0.25) is 0 Å². The van der Waals surface area contributed by atoms with Crippen molar-refractivity contribution in [1.29, 1.82) is 0 Å². The monoisotopic (exact) mass is 209 g/mol. The molecule has 2 amide bonds. The van der Waals surface area contributed by atoms with Crippen LogP contribution in [-0.4, -0.2) is 34.0 Å². The van der Waals surface area contributed by atoms with Gasteiger partial charge in [-0.2, -0.15) is 5.01 Å². The van der Waals surface area contributed by atoms with Crippen LogP contribution in [0.15, 0.2) is 18.5 Å². The summed E-state index contributed by atoms with van der Waals surface area (Å²) in [7, 11) is 0. The van der Waals surface area contributed by atoms with Gasteiger partial charge in [-0.25, -0.2) is 20.6 Å². The molecular weight excluding hydrogens is 194 g/mol. The Morgan fingerprint density at radius 1 is 1.33 bits per heavy atom. The Kier molecular flexibility index (Phi) is 3.99. The Labute approximate surface area is 88.7 Å². The summed E-state index contributed by atoms with van der Waals surface area (Å²) >= 11 is 0. The first-order valence-electron chi connectivity index (χ1n) is 4.81. The zero-order valence-corrected chi connectivity index (χ0v) is 8.92. The van der Waals surface area contributed by atoms with Gasteiger partial charge in [-0.05, 0) is 19.9 Å². The molecule has 1 rings (SSSR count). The first kappa shape index (κ1) is 11.4. The van der Waals surface area contributed by atoms with Crippen LogP contribution in [0.5, 0.6) is 0 Å². The van der Waals surface area contributed by atoms with Crippen molar-refractivity contribution in [2.75, 3.05) is 18.1 Å². The molecule has 0 aliphatic heterocycles. The molecule has 0 spiro atoms. The van der Waals surface area contributed by atoms with Crippen LogP contribution < -0.4 is 10.9 Å². The summed E-state index contributed by atoms with van der Waals surface area (Å²) in [5.41, 5.74) is 0. The highest BCUT2D eigenvalue weighted by Crippen LogP contribution is 2.03. The molecule has 0 atom stereocenters. The normalized spacial score (nSPS) is 9.80. The Balaban J connectivity index is 2.76. The van der Waals surface area contributed by atoms with Gasteiger partial charge in [-0.1, -0.05) is 0 Å². The van der Waals surface area contributed by atoms with Gasteiger partial charge in [0, 0.05) is 25.5 Å². The summed E-state index contributed by atoms with van der Waals surface area (Å²) in [4.78, 5) is 21.1. The van der Waals surface area contributed by atoms with Crippen LogP contribution in [0.3, 0.4) is 0 Å². The fourth-order valence-electron chi connectivity index (χ4n) is 1.15. The highest BCUT2D eigenvalue weighted by atomic mass is 16.2. The maximum atomic E-state index is 11.8. The van der Waals surface area contributed by atoms with Gasteiger partial charge >= 0.3 is 6.03 Å². The first-order valence-corrected chi connectivity index (χ1v) is 4.81. The summed E-state index contributed by atoms with van der Waals surface area (Å²) < 4.78 is 0. The molecule has 0 unspecified atom stereocenters. The maximum Gasteiger partial charge on any atom is 0.341 e. The van der Waals surface area contributed by atoms with Crippen molar-refractivity contribution in [3.63, 3.8) is 0 Å². The third-order valence-electron chi connectivity index (χ3n) is 2.01. The van der Waals surface area contributed by atoms with E-state index in [1.54, 1.807) is 11.0 Å². The Bertz CT molecular complexity index is 312. The molecule has 82 valence electrons. The summed E-state index contributed by atoms with van der Waals surface area (Å²) in [5.74, 6) is 5.81. The number of amides is 2. The van der Waals surface area contributed by atoms with E-state index >= 15 is 0 Å². The average Bonchev–Trinajstić information content (AvgIpc) is 2.30. The zero-order valence-electron chi connectivity index (χ0n) is 8.92. The van der Waals surface area contributed by atoms with Crippen molar-refractivity contribution < 1.29 is 4.79 Å². The predicted octanol–water partition coefficient (Wildman–Crippen LogP) is 0.618. The molecule has 0 aliphatic carbocycles. The maximum absolute atomic E-state index is 11.8. The number of anilines is 1. The predicted molar refractivity (Wildman–Crippen MR) is 57.0 cm³/mol. The van der Waals surface area contributed by atoms with E-state index in [4.69, 9.17) is 5.84 Å². The lowest BCUT2D eigenvalue weighted by atomic mass is 10.5. The second kappa shape index (κ2) is 5.26. The molecule has 0 aromatic carbocycles. The number of nitrogens with two attached hydrogens (primary N) is 1. The lowest BCUT2D eigenvalue weighted by Crippen LogP contribution is -2.48. The number of carbonyl (C=O) groups excluding carboxylic acids is 1. The van der Waals surface area contributed by atoms with Crippen LogP contribution >= 0.6 is 0 Å². The minimum Gasteiger partial charge on any atom is -0.324 e. The molecule has 1 heterocycles. The second-order valence-electron chi connectivity index (χ2n) is 2.87.